The van der Waals surface area contributed by atoms with Gasteiger partial charge in [-0.1, -0.05) is 0 Å². The molecule has 5 rings (SSSR count). The van der Waals surface area contributed by atoms with Crippen LogP contribution in [0.25, 0.3) is 0 Å². The minimum Gasteiger partial charge on any atom is -0.870 e. The third kappa shape index (κ3) is 17.7. The van der Waals surface area contributed by atoms with Crippen molar-refractivity contribution in [2.24, 2.45) is 0 Å². The minimum atomic E-state index is -4.70. The number of ether oxygens (including phenoxy) is 8. The summed E-state index contributed by atoms with van der Waals surface area (Å²) in [6.07, 6.45) is -6.28. The van der Waals surface area contributed by atoms with E-state index in [0.29, 0.717) is 13.0 Å². The lowest BCUT2D eigenvalue weighted by atomic mass is 9.93. The SMILES string of the molecule is [B][C@@H]1O[C@@H]2COP(=O)([O-])OC1[C@H]2OC(C)C.[B][C@@H]1O[C@H](COP(=O)([O-])O[C@@H]2C[C@H]([B])O[C@@H]2COC(C)C)[C@H](OC(C)C)C1O.[B][C@H]1C[C@@H](O)[C@@H](COC(C)C)O1.[OH-]. The summed E-state index contributed by atoms with van der Waals surface area (Å²) in [7, 11) is 13.5. The number of phosphoric acid groups is 2. The molecule has 16 atom stereocenters. The highest BCUT2D eigenvalue weighted by Crippen LogP contribution is 2.48. The Hall–Kier alpha value is 0.0397. The van der Waals surface area contributed by atoms with Crippen molar-refractivity contribution in [2.75, 3.05) is 26.4 Å². The summed E-state index contributed by atoms with van der Waals surface area (Å²) in [6, 6.07) is -2.79. The number of hydrogen-bond acceptors (Lipinski definition) is 19. The van der Waals surface area contributed by atoms with Crippen LogP contribution in [0, 0.1) is 0 Å². The lowest BCUT2D eigenvalue weighted by Crippen LogP contribution is -2.39. The van der Waals surface area contributed by atoms with Gasteiger partial charge in [0.05, 0.1) is 63.1 Å². The summed E-state index contributed by atoms with van der Waals surface area (Å²) in [5, 5.41) is 19.4. The number of rotatable bonds is 15. The van der Waals surface area contributed by atoms with Gasteiger partial charge in [0.25, 0.3) is 15.6 Å². The van der Waals surface area contributed by atoms with E-state index in [1.807, 2.05) is 41.5 Å². The highest BCUT2D eigenvalue weighted by molar-refractivity contribution is 7.46. The molecule has 0 aromatic heterocycles. The highest BCUT2D eigenvalue weighted by atomic mass is 31.2. The van der Waals surface area contributed by atoms with E-state index in [1.165, 1.54) is 0 Å². The van der Waals surface area contributed by atoms with Gasteiger partial charge in [0.1, 0.15) is 80.2 Å². The third-order valence-electron chi connectivity index (χ3n) is 8.55. The summed E-state index contributed by atoms with van der Waals surface area (Å²) in [5.41, 5.74) is 0. The molecule has 4 unspecified atom stereocenters. The maximum atomic E-state index is 12.3. The van der Waals surface area contributed by atoms with Crippen molar-refractivity contribution in [2.45, 2.75) is 178 Å². The van der Waals surface area contributed by atoms with Gasteiger partial charge in [-0.25, -0.2) is 0 Å². The Kier molecular flexibility index (Phi) is 22.4. The van der Waals surface area contributed by atoms with Crippen molar-refractivity contribution in [3.05, 3.63) is 0 Å². The van der Waals surface area contributed by atoms with Gasteiger partial charge in [-0.3, -0.25) is 9.13 Å². The van der Waals surface area contributed by atoms with Gasteiger partial charge in [-0.15, -0.1) is 0 Å². The summed E-state index contributed by atoms with van der Waals surface area (Å²) >= 11 is 0. The van der Waals surface area contributed by atoms with Crippen LogP contribution in [0.5, 0.6) is 0 Å². The molecule has 0 aromatic rings. The van der Waals surface area contributed by atoms with E-state index in [4.69, 9.17) is 82.9 Å². The van der Waals surface area contributed by atoms with Gasteiger partial charge in [0.2, 0.25) is 0 Å². The van der Waals surface area contributed by atoms with Crippen molar-refractivity contribution >= 4 is 47.0 Å². The molecule has 0 spiro atoms. The molecule has 3 N–H and O–H groups in total. The van der Waals surface area contributed by atoms with E-state index in [2.05, 4.69) is 4.52 Å². The molecule has 5 aliphatic rings. The molecule has 0 aromatic carbocycles. The van der Waals surface area contributed by atoms with Crippen LogP contribution in [-0.4, -0.2) is 183 Å². The zero-order valence-corrected chi connectivity index (χ0v) is 35.5. The molecule has 5 fully saturated rings. The first-order valence-corrected chi connectivity index (χ1v) is 21.7. The predicted octanol–water partition coefficient (Wildman–Crippen LogP) is -0.951. The van der Waals surface area contributed by atoms with Crippen molar-refractivity contribution in [1.29, 1.82) is 0 Å². The van der Waals surface area contributed by atoms with Gasteiger partial charge in [-0.05, 0) is 68.2 Å². The van der Waals surface area contributed by atoms with Gasteiger partial charge < -0.3 is 81.5 Å². The van der Waals surface area contributed by atoms with Crippen molar-refractivity contribution in [1.82, 2.24) is 0 Å². The van der Waals surface area contributed by atoms with E-state index in [0.717, 1.165) is 0 Å². The molecule has 25 heteroatoms. The first-order chi connectivity index (χ1) is 26.0. The Bertz CT molecular complexity index is 1260. The molecule has 0 saturated carbocycles. The molecule has 19 nitrogen and oxygen atoms in total. The van der Waals surface area contributed by atoms with Crippen LogP contribution >= 0.6 is 15.6 Å². The third-order valence-corrected chi connectivity index (χ3v) is 10.5. The quantitative estimate of drug-likeness (QED) is 0.149. The van der Waals surface area contributed by atoms with Crippen LogP contribution in [-0.2, 0) is 65.1 Å². The average molecular weight is 851 g/mol. The van der Waals surface area contributed by atoms with Crippen LogP contribution in [0.4, 0.5) is 0 Å². The first-order valence-electron chi connectivity index (χ1n) is 18.8. The Balaban J connectivity index is 0.000000325. The number of fused-ring (bicyclic) bond motifs is 2. The van der Waals surface area contributed by atoms with E-state index in [-0.39, 0.29) is 61.6 Å². The van der Waals surface area contributed by atoms with Crippen LogP contribution in [0.2, 0.25) is 0 Å². The van der Waals surface area contributed by atoms with E-state index in [9.17, 15) is 29.1 Å². The Morgan fingerprint density at radius 2 is 1.30 bits per heavy atom. The van der Waals surface area contributed by atoms with Crippen LogP contribution in [0.3, 0.4) is 0 Å². The topological polar surface area (TPSA) is 261 Å². The van der Waals surface area contributed by atoms with Crippen LogP contribution in [0.15, 0.2) is 0 Å². The maximum absolute atomic E-state index is 12.3. The maximum Gasteiger partial charge on any atom is 0.268 e. The smallest absolute Gasteiger partial charge is 0.268 e. The molecule has 5 saturated heterocycles. The van der Waals surface area contributed by atoms with Gasteiger partial charge in [0, 0.05) is 24.0 Å². The van der Waals surface area contributed by atoms with Crippen LogP contribution in [0.1, 0.15) is 68.2 Å². The Morgan fingerprint density at radius 1 is 0.754 bits per heavy atom. The molecule has 2 bridgehead atoms. The molecule has 5 aliphatic heterocycles. The summed E-state index contributed by atoms with van der Waals surface area (Å²) in [5.74, 6) is 0. The van der Waals surface area contributed by atoms with E-state index >= 15 is 0 Å². The molecular weight excluding hydrogens is 794 g/mol. The number of aliphatic hydroxyl groups is 2. The molecule has 5 heterocycles. The first kappa shape index (κ1) is 53.2. The Labute approximate surface area is 341 Å². The molecule has 57 heavy (non-hydrogen) atoms. The minimum absolute atomic E-state index is 0. The van der Waals surface area contributed by atoms with E-state index < -0.39 is 95.2 Å². The fraction of sp³-hybridized carbons (Fsp3) is 1.00. The molecule has 0 amide bonds. The second kappa shape index (κ2) is 24.0. The second-order valence-corrected chi connectivity index (χ2v) is 17.7. The van der Waals surface area contributed by atoms with Gasteiger partial charge in [-0.2, -0.15) is 0 Å². The number of aliphatic hydroxyl groups excluding tert-OH is 2. The number of phosphoric ester groups is 2. The molecular formula is C32H57B4O19P2-3. The largest absolute Gasteiger partial charge is 0.870 e. The van der Waals surface area contributed by atoms with E-state index in [1.54, 1.807) is 13.8 Å². The Morgan fingerprint density at radius 3 is 1.84 bits per heavy atom. The van der Waals surface area contributed by atoms with Gasteiger partial charge in [0.15, 0.2) is 0 Å². The van der Waals surface area contributed by atoms with Gasteiger partial charge >= 0.3 is 0 Å². The lowest BCUT2D eigenvalue weighted by molar-refractivity contribution is -0.235. The average Bonchev–Trinajstić information content (AvgIpc) is 3.74. The lowest BCUT2D eigenvalue weighted by Gasteiger charge is -2.30. The number of hydrogen-bond donors (Lipinski definition) is 2. The second-order valence-electron chi connectivity index (χ2n) is 15.0. The molecule has 324 valence electrons. The zero-order chi connectivity index (χ0) is 42.1. The van der Waals surface area contributed by atoms with Crippen molar-refractivity contribution in [3.63, 3.8) is 0 Å². The zero-order valence-electron chi connectivity index (χ0n) is 33.7. The van der Waals surface area contributed by atoms with Crippen LogP contribution < -0.4 is 9.79 Å². The fourth-order valence-corrected chi connectivity index (χ4v) is 7.94. The monoisotopic (exact) mass is 851 g/mol. The normalized spacial score (nSPS) is 40.0. The summed E-state index contributed by atoms with van der Waals surface area (Å²) < 4.78 is 86.3. The summed E-state index contributed by atoms with van der Waals surface area (Å²) in [6.45, 7) is 14.9. The van der Waals surface area contributed by atoms with Crippen molar-refractivity contribution in [3.8, 4) is 0 Å². The molecule has 8 radical (unpaired) electrons. The van der Waals surface area contributed by atoms with Crippen molar-refractivity contribution < 1.29 is 90.6 Å². The predicted molar refractivity (Wildman–Crippen MR) is 200 cm³/mol. The highest BCUT2D eigenvalue weighted by Gasteiger charge is 2.49. The summed E-state index contributed by atoms with van der Waals surface area (Å²) in [4.78, 5) is 23.5. The molecule has 0 aliphatic carbocycles. The standard InChI is InChI=1S/C16H29B2O9P.C8H14BO6P.C8H15BO3.H2O/c1-8(2)22-6-11-10(5-13(17)25-11)27-28(20,21)23-7-12-15(24-9(3)4)14(19)16(18)26-12;1-4(2)13-6-5-3-12-16(10,11)15-7(6)8(9)14-5;1-5(2)11-4-7-6(10)3-8(9)12-7;/h8-16,19H,5-7H2,1-4H3,(H,20,21);4-8H,3H2,1-2H3,(H,10,11);5-8,10H,3-4H2,1-2H3;1H2/p-3/t10-,11-,12-,13-,14?,15+,16-;5-,6+,7?,8-;6-,7-,8-;/m111./s1. The fourth-order valence-electron chi connectivity index (χ4n) is 6.07.